The van der Waals surface area contributed by atoms with E-state index in [9.17, 15) is 0 Å². The summed E-state index contributed by atoms with van der Waals surface area (Å²) in [5.41, 5.74) is 2.58. The first kappa shape index (κ1) is 12.4. The summed E-state index contributed by atoms with van der Waals surface area (Å²) < 4.78 is 0. The van der Waals surface area contributed by atoms with Gasteiger partial charge in [-0.1, -0.05) is 30.2 Å². The molecule has 1 aliphatic carbocycles. The molecule has 0 spiro atoms. The lowest BCUT2D eigenvalue weighted by molar-refractivity contribution is 0.421. The molecule has 1 N–H and O–H groups in total. The van der Waals surface area contributed by atoms with Crippen molar-refractivity contribution in [3.05, 3.63) is 35.1 Å². The molecule has 0 fully saturated rings. The highest BCUT2D eigenvalue weighted by atomic mass is 35.5. The molecule has 2 nitrogen and oxygen atoms in total. The summed E-state index contributed by atoms with van der Waals surface area (Å²) in [5.74, 6) is 1.43. The molecule has 2 rings (SSSR count). The molecule has 0 saturated heterocycles. The minimum atomic E-state index is 0.545. The number of anilines is 1. The lowest BCUT2D eigenvalue weighted by Gasteiger charge is -2.25. The van der Waals surface area contributed by atoms with E-state index in [2.05, 4.69) is 30.2 Å². The SMILES string of the molecule is CC1=CC(C)CC(CNc2ccnc(Cl)c2)C1. The monoisotopic (exact) mass is 250 g/mol. The lowest BCUT2D eigenvalue weighted by atomic mass is 9.84. The third kappa shape index (κ3) is 3.74. The zero-order valence-corrected chi connectivity index (χ0v) is 11.2. The predicted octanol–water partition coefficient (Wildman–Crippen LogP) is 4.14. The summed E-state index contributed by atoms with van der Waals surface area (Å²) in [6.45, 7) is 5.53. The van der Waals surface area contributed by atoms with Crippen LogP contribution in [0.1, 0.15) is 26.7 Å². The van der Waals surface area contributed by atoms with E-state index in [1.165, 1.54) is 18.4 Å². The van der Waals surface area contributed by atoms with Gasteiger partial charge in [-0.05, 0) is 43.7 Å². The van der Waals surface area contributed by atoms with Crippen molar-refractivity contribution in [1.29, 1.82) is 0 Å². The van der Waals surface area contributed by atoms with E-state index in [1.54, 1.807) is 6.20 Å². The molecule has 1 aliphatic rings. The quantitative estimate of drug-likeness (QED) is 0.644. The fraction of sp³-hybridized carbons (Fsp3) is 0.500. The molecule has 1 aromatic rings. The van der Waals surface area contributed by atoms with E-state index in [1.807, 2.05) is 12.1 Å². The molecule has 0 aliphatic heterocycles. The van der Waals surface area contributed by atoms with Crippen LogP contribution in [0.4, 0.5) is 5.69 Å². The van der Waals surface area contributed by atoms with Gasteiger partial charge in [0.05, 0.1) is 0 Å². The van der Waals surface area contributed by atoms with Gasteiger partial charge in [0.2, 0.25) is 0 Å². The maximum absolute atomic E-state index is 5.85. The van der Waals surface area contributed by atoms with Gasteiger partial charge in [0.1, 0.15) is 5.15 Å². The fourth-order valence-electron chi connectivity index (χ4n) is 2.62. The highest BCUT2D eigenvalue weighted by Crippen LogP contribution is 2.28. The largest absolute Gasteiger partial charge is 0.385 e. The van der Waals surface area contributed by atoms with Crippen LogP contribution in [-0.2, 0) is 0 Å². The first-order valence-electron chi connectivity index (χ1n) is 6.16. The second kappa shape index (κ2) is 5.54. The predicted molar refractivity (Wildman–Crippen MR) is 73.4 cm³/mol. The van der Waals surface area contributed by atoms with Crippen molar-refractivity contribution in [2.45, 2.75) is 26.7 Å². The van der Waals surface area contributed by atoms with Crippen molar-refractivity contribution in [1.82, 2.24) is 4.98 Å². The number of allylic oxidation sites excluding steroid dienone is 2. The van der Waals surface area contributed by atoms with Crippen LogP contribution >= 0.6 is 11.6 Å². The van der Waals surface area contributed by atoms with E-state index < -0.39 is 0 Å². The van der Waals surface area contributed by atoms with Gasteiger partial charge in [-0.3, -0.25) is 0 Å². The third-order valence-corrected chi connectivity index (χ3v) is 3.41. The van der Waals surface area contributed by atoms with Gasteiger partial charge in [0.25, 0.3) is 0 Å². The van der Waals surface area contributed by atoms with Crippen LogP contribution in [0.15, 0.2) is 30.0 Å². The number of halogens is 1. The summed E-state index contributed by atoms with van der Waals surface area (Å²) in [6.07, 6.45) is 6.60. The zero-order chi connectivity index (χ0) is 12.3. The van der Waals surface area contributed by atoms with Gasteiger partial charge in [-0.15, -0.1) is 0 Å². The summed E-state index contributed by atoms with van der Waals surface area (Å²) in [7, 11) is 0. The molecule has 0 radical (unpaired) electrons. The maximum Gasteiger partial charge on any atom is 0.131 e. The maximum atomic E-state index is 5.85. The van der Waals surface area contributed by atoms with Crippen molar-refractivity contribution in [3.63, 3.8) is 0 Å². The number of rotatable bonds is 3. The van der Waals surface area contributed by atoms with Gasteiger partial charge in [-0.25, -0.2) is 4.98 Å². The zero-order valence-electron chi connectivity index (χ0n) is 10.4. The van der Waals surface area contributed by atoms with Gasteiger partial charge >= 0.3 is 0 Å². The highest BCUT2D eigenvalue weighted by molar-refractivity contribution is 6.29. The summed E-state index contributed by atoms with van der Waals surface area (Å²) in [6, 6.07) is 3.83. The topological polar surface area (TPSA) is 24.9 Å². The Morgan fingerprint density at radius 1 is 1.53 bits per heavy atom. The molecule has 3 heteroatoms. The summed E-state index contributed by atoms with van der Waals surface area (Å²) in [4.78, 5) is 3.98. The van der Waals surface area contributed by atoms with Crippen LogP contribution in [0.2, 0.25) is 5.15 Å². The number of hydrogen-bond donors (Lipinski definition) is 1. The Kier molecular flexibility index (Phi) is 4.06. The molecular formula is C14H19ClN2. The molecule has 0 amide bonds. The van der Waals surface area contributed by atoms with Crippen molar-refractivity contribution in [3.8, 4) is 0 Å². The first-order valence-corrected chi connectivity index (χ1v) is 6.54. The minimum Gasteiger partial charge on any atom is -0.385 e. The second-order valence-electron chi connectivity index (χ2n) is 5.04. The standard InChI is InChI=1S/C14H19ClN2/c1-10-5-11(2)7-12(6-10)9-17-13-3-4-16-14(15)8-13/h3-5,8,10,12H,6-7,9H2,1-2H3,(H,16,17). The summed E-state index contributed by atoms with van der Waals surface area (Å²) >= 11 is 5.85. The molecule has 0 aromatic carbocycles. The molecule has 0 bridgehead atoms. The van der Waals surface area contributed by atoms with Crippen molar-refractivity contribution < 1.29 is 0 Å². The van der Waals surface area contributed by atoms with Crippen LogP contribution < -0.4 is 5.32 Å². The van der Waals surface area contributed by atoms with Crippen molar-refractivity contribution >= 4 is 17.3 Å². The average Bonchev–Trinajstić information content (AvgIpc) is 2.25. The molecule has 2 atom stereocenters. The normalized spacial score (nSPS) is 24.3. The van der Waals surface area contributed by atoms with Crippen LogP contribution in [0.3, 0.4) is 0 Å². The second-order valence-corrected chi connectivity index (χ2v) is 5.43. The molecule has 17 heavy (non-hydrogen) atoms. The van der Waals surface area contributed by atoms with E-state index in [0.29, 0.717) is 11.1 Å². The first-order chi connectivity index (χ1) is 8.13. The van der Waals surface area contributed by atoms with E-state index in [0.717, 1.165) is 18.2 Å². The van der Waals surface area contributed by atoms with Gasteiger partial charge in [-0.2, -0.15) is 0 Å². The van der Waals surface area contributed by atoms with E-state index in [-0.39, 0.29) is 0 Å². The molecule has 92 valence electrons. The Balaban J connectivity index is 1.89. The Morgan fingerprint density at radius 2 is 2.35 bits per heavy atom. The van der Waals surface area contributed by atoms with E-state index >= 15 is 0 Å². The van der Waals surface area contributed by atoms with Gasteiger partial charge in [0, 0.05) is 18.4 Å². The molecule has 2 unspecified atom stereocenters. The lowest BCUT2D eigenvalue weighted by Crippen LogP contribution is -2.20. The van der Waals surface area contributed by atoms with Crippen LogP contribution in [-0.4, -0.2) is 11.5 Å². The number of nitrogens with one attached hydrogen (secondary N) is 1. The van der Waals surface area contributed by atoms with Crippen LogP contribution in [0.25, 0.3) is 0 Å². The number of nitrogens with zero attached hydrogens (tertiary/aromatic N) is 1. The Morgan fingerprint density at radius 3 is 3.06 bits per heavy atom. The van der Waals surface area contributed by atoms with Crippen LogP contribution in [0, 0.1) is 11.8 Å². The van der Waals surface area contributed by atoms with Gasteiger partial charge < -0.3 is 5.32 Å². The highest BCUT2D eigenvalue weighted by Gasteiger charge is 2.17. The molecular weight excluding hydrogens is 232 g/mol. The summed E-state index contributed by atoms with van der Waals surface area (Å²) in [5, 5.41) is 3.99. The number of aromatic nitrogens is 1. The van der Waals surface area contributed by atoms with Crippen molar-refractivity contribution in [2.24, 2.45) is 11.8 Å². The van der Waals surface area contributed by atoms with Crippen molar-refractivity contribution in [2.75, 3.05) is 11.9 Å². The fourth-order valence-corrected chi connectivity index (χ4v) is 2.79. The Labute approximate surface area is 108 Å². The van der Waals surface area contributed by atoms with E-state index in [4.69, 9.17) is 11.6 Å². The Bertz CT molecular complexity index is 414. The minimum absolute atomic E-state index is 0.545. The molecule has 1 aromatic heterocycles. The smallest absolute Gasteiger partial charge is 0.131 e. The molecule has 0 saturated carbocycles. The molecule has 1 heterocycles. The third-order valence-electron chi connectivity index (χ3n) is 3.21. The van der Waals surface area contributed by atoms with Crippen LogP contribution in [0.5, 0.6) is 0 Å². The number of hydrogen-bond acceptors (Lipinski definition) is 2. The van der Waals surface area contributed by atoms with Gasteiger partial charge in [0.15, 0.2) is 0 Å². The Hall–Kier alpha value is -1.02. The number of pyridine rings is 1. The average molecular weight is 251 g/mol.